The Morgan fingerprint density at radius 3 is 1.06 bits per heavy atom. The molecular formula is C39H24F4N3OP. The van der Waals surface area contributed by atoms with Gasteiger partial charge in [-0.25, -0.2) is 32.5 Å². The van der Waals surface area contributed by atoms with Crippen molar-refractivity contribution in [1.29, 1.82) is 0 Å². The SMILES string of the molecule is O=P(c1ccccc1)(c1ccccc1)c1ccc(-c2ccc(-c3nc(-c4cc(F)cc(F)c4)nc(-c4cc(F)cc(F)c4)n3)cc2)cc1. The molecule has 7 aromatic rings. The van der Waals surface area contributed by atoms with E-state index in [1.807, 2.05) is 97.1 Å². The van der Waals surface area contributed by atoms with E-state index in [1.165, 1.54) is 0 Å². The number of halogens is 4. The van der Waals surface area contributed by atoms with E-state index in [2.05, 4.69) is 15.0 Å². The lowest BCUT2D eigenvalue weighted by atomic mass is 10.0. The summed E-state index contributed by atoms with van der Waals surface area (Å²) in [5, 5.41) is 2.19. The van der Waals surface area contributed by atoms with Crippen LogP contribution in [0.15, 0.2) is 146 Å². The van der Waals surface area contributed by atoms with Gasteiger partial charge in [0.25, 0.3) is 0 Å². The Balaban J connectivity index is 1.25. The molecule has 0 bridgehead atoms. The summed E-state index contributed by atoms with van der Waals surface area (Å²) in [5.41, 5.74) is 2.34. The molecule has 7 rings (SSSR count). The Morgan fingerprint density at radius 2 is 0.667 bits per heavy atom. The largest absolute Gasteiger partial charge is 0.309 e. The van der Waals surface area contributed by atoms with Crippen molar-refractivity contribution in [3.05, 3.63) is 169 Å². The molecule has 0 spiro atoms. The Hall–Kier alpha value is -5.72. The summed E-state index contributed by atoms with van der Waals surface area (Å²) in [5.74, 6) is -3.32. The third kappa shape index (κ3) is 6.18. The second-order valence-corrected chi connectivity index (χ2v) is 13.8. The first-order chi connectivity index (χ1) is 23.3. The molecule has 1 aromatic heterocycles. The fourth-order valence-corrected chi connectivity index (χ4v) is 8.18. The molecule has 0 aliphatic heterocycles. The lowest BCUT2D eigenvalue weighted by molar-refractivity contribution is 0.583. The van der Waals surface area contributed by atoms with Gasteiger partial charge >= 0.3 is 0 Å². The van der Waals surface area contributed by atoms with Gasteiger partial charge in [0, 0.05) is 44.7 Å². The molecule has 0 atom stereocenters. The first kappa shape index (κ1) is 30.9. The minimum Gasteiger partial charge on any atom is -0.309 e. The first-order valence-corrected chi connectivity index (χ1v) is 16.6. The van der Waals surface area contributed by atoms with E-state index in [1.54, 1.807) is 12.1 Å². The van der Waals surface area contributed by atoms with Crippen molar-refractivity contribution in [2.24, 2.45) is 0 Å². The summed E-state index contributed by atoms with van der Waals surface area (Å²) < 4.78 is 71.1. The maximum absolute atomic E-state index is 14.7. The van der Waals surface area contributed by atoms with Gasteiger partial charge in [-0.1, -0.05) is 109 Å². The number of aromatic nitrogens is 3. The molecule has 0 amide bonds. The summed E-state index contributed by atoms with van der Waals surface area (Å²) >= 11 is 0. The zero-order chi connectivity index (χ0) is 33.3. The van der Waals surface area contributed by atoms with Crippen LogP contribution in [0.3, 0.4) is 0 Å². The van der Waals surface area contributed by atoms with E-state index in [4.69, 9.17) is 0 Å². The van der Waals surface area contributed by atoms with Gasteiger partial charge in [-0.05, 0) is 35.4 Å². The second kappa shape index (κ2) is 12.8. The van der Waals surface area contributed by atoms with Crippen LogP contribution in [-0.4, -0.2) is 15.0 Å². The Bertz CT molecular complexity index is 2150. The van der Waals surface area contributed by atoms with E-state index in [0.717, 1.165) is 58.1 Å². The molecule has 0 N–H and O–H groups in total. The Kier molecular flexibility index (Phi) is 8.26. The van der Waals surface area contributed by atoms with Crippen LogP contribution in [0.25, 0.3) is 45.3 Å². The van der Waals surface area contributed by atoms with E-state index >= 15 is 0 Å². The molecule has 0 radical (unpaired) electrons. The molecule has 0 aliphatic carbocycles. The first-order valence-electron chi connectivity index (χ1n) is 14.9. The summed E-state index contributed by atoms with van der Waals surface area (Å²) in [6, 6.07) is 39.4. The molecule has 48 heavy (non-hydrogen) atoms. The number of hydrogen-bond acceptors (Lipinski definition) is 4. The average Bonchev–Trinajstić information content (AvgIpc) is 3.11. The maximum Gasteiger partial charge on any atom is 0.171 e. The molecule has 0 saturated heterocycles. The van der Waals surface area contributed by atoms with Gasteiger partial charge < -0.3 is 4.57 Å². The van der Waals surface area contributed by atoms with Gasteiger partial charge in [-0.3, -0.25) is 0 Å². The van der Waals surface area contributed by atoms with Crippen LogP contribution in [0.1, 0.15) is 0 Å². The normalized spacial score (nSPS) is 11.4. The van der Waals surface area contributed by atoms with Gasteiger partial charge in [0.05, 0.1) is 0 Å². The van der Waals surface area contributed by atoms with Crippen molar-refractivity contribution in [1.82, 2.24) is 15.0 Å². The number of hydrogen-bond donors (Lipinski definition) is 0. The van der Waals surface area contributed by atoms with Crippen molar-refractivity contribution in [2.45, 2.75) is 0 Å². The summed E-state index contributed by atoms with van der Waals surface area (Å²) in [4.78, 5) is 13.2. The molecule has 6 aromatic carbocycles. The number of benzene rings is 6. The van der Waals surface area contributed by atoms with Crippen LogP contribution < -0.4 is 15.9 Å². The molecule has 0 unspecified atom stereocenters. The smallest absolute Gasteiger partial charge is 0.171 e. The van der Waals surface area contributed by atoms with Crippen molar-refractivity contribution < 1.29 is 22.1 Å². The predicted molar refractivity (Wildman–Crippen MR) is 181 cm³/mol. The summed E-state index contributed by atoms with van der Waals surface area (Å²) in [6.07, 6.45) is 0. The quantitative estimate of drug-likeness (QED) is 0.127. The number of nitrogens with zero attached hydrogens (tertiary/aromatic N) is 3. The standard InChI is InChI=1S/C39H24F4N3OP/c40-30-19-28(20-31(41)23-30)38-44-37(45-39(46-38)29-21-32(42)24-33(43)22-29)27-13-11-25(12-14-27)26-15-17-36(18-16-26)48(47,34-7-3-1-4-8-34)35-9-5-2-6-10-35/h1-24H. The fourth-order valence-electron chi connectivity index (χ4n) is 5.53. The Labute approximate surface area is 273 Å². The molecule has 4 nitrogen and oxygen atoms in total. The maximum atomic E-state index is 14.7. The van der Waals surface area contributed by atoms with Gasteiger partial charge in [0.1, 0.15) is 23.3 Å². The van der Waals surface area contributed by atoms with E-state index < -0.39 is 30.4 Å². The van der Waals surface area contributed by atoms with E-state index in [9.17, 15) is 22.1 Å². The molecule has 0 aliphatic rings. The highest BCUT2D eigenvalue weighted by Crippen LogP contribution is 2.42. The van der Waals surface area contributed by atoms with Crippen molar-refractivity contribution in [3.8, 4) is 45.3 Å². The average molecular weight is 658 g/mol. The van der Waals surface area contributed by atoms with Gasteiger partial charge in [-0.2, -0.15) is 0 Å². The molecule has 0 fully saturated rings. The zero-order valence-corrected chi connectivity index (χ0v) is 26.0. The van der Waals surface area contributed by atoms with Crippen LogP contribution in [-0.2, 0) is 4.57 Å². The number of rotatable bonds is 7. The lowest BCUT2D eigenvalue weighted by Crippen LogP contribution is -2.24. The molecule has 9 heteroatoms. The Morgan fingerprint density at radius 1 is 0.354 bits per heavy atom. The lowest BCUT2D eigenvalue weighted by Gasteiger charge is -2.20. The minimum absolute atomic E-state index is 0.0364. The molecule has 1 heterocycles. The molecule has 0 saturated carbocycles. The van der Waals surface area contributed by atoms with Crippen LogP contribution in [0.4, 0.5) is 17.6 Å². The van der Waals surface area contributed by atoms with Crippen LogP contribution in [0.2, 0.25) is 0 Å². The van der Waals surface area contributed by atoms with Gasteiger partial charge in [-0.15, -0.1) is 0 Å². The monoisotopic (exact) mass is 657 g/mol. The van der Waals surface area contributed by atoms with Crippen molar-refractivity contribution in [2.75, 3.05) is 0 Å². The summed E-state index contributed by atoms with van der Waals surface area (Å²) in [7, 11) is -3.13. The molecular weight excluding hydrogens is 633 g/mol. The zero-order valence-electron chi connectivity index (χ0n) is 25.1. The third-order valence-corrected chi connectivity index (χ3v) is 10.9. The summed E-state index contributed by atoms with van der Waals surface area (Å²) in [6.45, 7) is 0. The predicted octanol–water partition coefficient (Wildman–Crippen LogP) is 8.74. The van der Waals surface area contributed by atoms with Crippen molar-refractivity contribution in [3.63, 3.8) is 0 Å². The third-order valence-electron chi connectivity index (χ3n) is 7.82. The molecule has 234 valence electrons. The highest BCUT2D eigenvalue weighted by Gasteiger charge is 2.29. The highest BCUT2D eigenvalue weighted by atomic mass is 31.2. The van der Waals surface area contributed by atoms with E-state index in [-0.39, 0.29) is 28.6 Å². The topological polar surface area (TPSA) is 55.7 Å². The van der Waals surface area contributed by atoms with Gasteiger partial charge in [0.2, 0.25) is 0 Å². The fraction of sp³-hybridized carbons (Fsp3) is 0. The van der Waals surface area contributed by atoms with Crippen LogP contribution in [0, 0.1) is 23.3 Å². The van der Waals surface area contributed by atoms with Crippen LogP contribution in [0.5, 0.6) is 0 Å². The van der Waals surface area contributed by atoms with E-state index in [0.29, 0.717) is 10.9 Å². The van der Waals surface area contributed by atoms with Crippen LogP contribution >= 0.6 is 7.14 Å². The van der Waals surface area contributed by atoms with Crippen molar-refractivity contribution >= 4 is 23.1 Å². The highest BCUT2D eigenvalue weighted by molar-refractivity contribution is 7.85. The second-order valence-electron chi connectivity index (χ2n) is 11.0. The van der Waals surface area contributed by atoms with Gasteiger partial charge in [0.15, 0.2) is 24.6 Å². The minimum atomic E-state index is -3.13.